The first-order valence-electron chi connectivity index (χ1n) is 8.02. The molecule has 0 fully saturated rings. The van der Waals surface area contributed by atoms with Crippen molar-refractivity contribution in [2.24, 2.45) is 0 Å². The van der Waals surface area contributed by atoms with Crippen LogP contribution >= 0.6 is 15.9 Å². The molecule has 3 N–H and O–H groups in total. The smallest absolute Gasteiger partial charge is 0.191 e. The summed E-state index contributed by atoms with van der Waals surface area (Å²) in [5, 5.41) is 29.3. The standard InChI is InChI=1S/C18H16BrN3O3/c19-11-6-5-10-12(9-20-7-2-8-23)21-22-13-3-1-4-14(24)16(13)18(25)15(11)17(10)22/h1,3-6,20,23,25H,2,7-9H2. The molecule has 2 aromatic carbocycles. The first-order valence-corrected chi connectivity index (χ1v) is 8.81. The normalized spacial score (nSPS) is 11.9. The van der Waals surface area contributed by atoms with Gasteiger partial charge < -0.3 is 15.5 Å². The summed E-state index contributed by atoms with van der Waals surface area (Å²) in [5.41, 5.74) is 1.97. The Morgan fingerprint density at radius 2 is 2.04 bits per heavy atom. The van der Waals surface area contributed by atoms with Gasteiger partial charge in [-0.15, -0.1) is 0 Å². The molecule has 0 aliphatic heterocycles. The molecule has 7 heteroatoms. The fraction of sp³-hybridized carbons (Fsp3) is 0.222. The van der Waals surface area contributed by atoms with Crippen LogP contribution in [0.4, 0.5) is 0 Å². The molecule has 0 aliphatic carbocycles. The summed E-state index contributed by atoms with van der Waals surface area (Å²) < 4.78 is 2.45. The van der Waals surface area contributed by atoms with Gasteiger partial charge in [0.05, 0.1) is 27.5 Å². The third kappa shape index (κ3) is 2.47. The second-order valence-corrected chi connectivity index (χ2v) is 6.78. The minimum atomic E-state index is -0.234. The van der Waals surface area contributed by atoms with Crippen LogP contribution in [0.25, 0.3) is 27.2 Å². The van der Waals surface area contributed by atoms with Gasteiger partial charge in [-0.05, 0) is 53.2 Å². The fourth-order valence-electron chi connectivity index (χ4n) is 3.24. The molecule has 2 aromatic heterocycles. The second kappa shape index (κ2) is 6.25. The lowest BCUT2D eigenvalue weighted by Crippen LogP contribution is -2.16. The van der Waals surface area contributed by atoms with E-state index in [1.807, 2.05) is 12.1 Å². The van der Waals surface area contributed by atoms with Crippen LogP contribution in [0, 0.1) is 0 Å². The number of rotatable bonds is 5. The van der Waals surface area contributed by atoms with Crippen molar-refractivity contribution in [2.45, 2.75) is 13.0 Å². The van der Waals surface area contributed by atoms with Gasteiger partial charge in [-0.2, -0.15) is 5.10 Å². The van der Waals surface area contributed by atoms with Gasteiger partial charge in [-0.1, -0.05) is 6.07 Å². The number of aromatic nitrogens is 2. The quantitative estimate of drug-likeness (QED) is 0.353. The van der Waals surface area contributed by atoms with Crippen molar-refractivity contribution in [1.29, 1.82) is 0 Å². The molecule has 0 radical (unpaired) electrons. The van der Waals surface area contributed by atoms with Crippen LogP contribution in [0.1, 0.15) is 12.1 Å². The van der Waals surface area contributed by atoms with Crippen LogP contribution in [-0.4, -0.2) is 33.0 Å². The van der Waals surface area contributed by atoms with Crippen LogP contribution in [-0.2, 0) is 6.54 Å². The van der Waals surface area contributed by atoms with E-state index in [9.17, 15) is 9.90 Å². The Hall–Kier alpha value is -2.22. The number of fused-ring (bicyclic) bond motifs is 2. The van der Waals surface area contributed by atoms with E-state index in [2.05, 4.69) is 26.3 Å². The third-order valence-electron chi connectivity index (χ3n) is 4.38. The van der Waals surface area contributed by atoms with Gasteiger partial charge in [0.25, 0.3) is 0 Å². The van der Waals surface area contributed by atoms with Crippen molar-refractivity contribution in [2.75, 3.05) is 13.2 Å². The molecule has 0 amide bonds. The van der Waals surface area contributed by atoms with Gasteiger partial charge in [0.2, 0.25) is 0 Å². The predicted molar refractivity (Wildman–Crippen MR) is 100 cm³/mol. The van der Waals surface area contributed by atoms with E-state index in [4.69, 9.17) is 5.11 Å². The molecule has 0 saturated heterocycles. The van der Waals surface area contributed by atoms with Crippen LogP contribution in [0.5, 0.6) is 5.75 Å². The summed E-state index contributed by atoms with van der Waals surface area (Å²) in [7, 11) is 0. The van der Waals surface area contributed by atoms with Gasteiger partial charge in [0.15, 0.2) is 5.43 Å². The number of aromatic hydroxyl groups is 1. The Bertz CT molecular complexity index is 1140. The Kier molecular flexibility index (Phi) is 4.07. The van der Waals surface area contributed by atoms with Crippen molar-refractivity contribution in [1.82, 2.24) is 14.9 Å². The number of nitrogens with one attached hydrogen (secondary N) is 1. The van der Waals surface area contributed by atoms with Crippen LogP contribution in [0.2, 0.25) is 0 Å². The van der Waals surface area contributed by atoms with E-state index in [0.717, 1.165) is 16.6 Å². The zero-order chi connectivity index (χ0) is 17.6. The minimum Gasteiger partial charge on any atom is -0.506 e. The highest BCUT2D eigenvalue weighted by Gasteiger charge is 2.20. The van der Waals surface area contributed by atoms with Crippen molar-refractivity contribution >= 4 is 43.1 Å². The molecular formula is C18H16BrN3O3. The van der Waals surface area contributed by atoms with Crippen molar-refractivity contribution in [3.8, 4) is 5.75 Å². The molecular weight excluding hydrogens is 386 g/mol. The van der Waals surface area contributed by atoms with Gasteiger partial charge in [0.1, 0.15) is 5.75 Å². The Morgan fingerprint density at radius 1 is 1.20 bits per heavy atom. The SMILES string of the molecule is O=c1cccc2c1c(O)c1c(Br)ccc3c(CNCCCO)nn2c31. The van der Waals surface area contributed by atoms with Crippen LogP contribution in [0.15, 0.2) is 39.6 Å². The largest absolute Gasteiger partial charge is 0.506 e. The van der Waals surface area contributed by atoms with Gasteiger partial charge >= 0.3 is 0 Å². The van der Waals surface area contributed by atoms with E-state index in [-0.39, 0.29) is 23.2 Å². The fourth-order valence-corrected chi connectivity index (χ4v) is 3.75. The number of hydrogen-bond donors (Lipinski definition) is 3. The summed E-state index contributed by atoms with van der Waals surface area (Å²) in [6, 6.07) is 8.70. The van der Waals surface area contributed by atoms with E-state index in [1.54, 1.807) is 16.6 Å². The summed E-state index contributed by atoms with van der Waals surface area (Å²) in [6.45, 7) is 1.37. The number of aliphatic hydroxyl groups is 1. The molecule has 4 rings (SSSR count). The number of halogens is 1. The Labute approximate surface area is 151 Å². The van der Waals surface area contributed by atoms with Crippen molar-refractivity contribution in [3.05, 3.63) is 50.7 Å². The molecule has 4 aromatic rings. The topological polar surface area (TPSA) is 86.9 Å². The number of pyridine rings is 1. The maximum absolute atomic E-state index is 12.3. The van der Waals surface area contributed by atoms with E-state index in [0.29, 0.717) is 34.9 Å². The number of nitrogens with zero attached hydrogens (tertiary/aromatic N) is 2. The zero-order valence-corrected chi connectivity index (χ0v) is 14.9. The number of aliphatic hydroxyl groups excluding tert-OH is 1. The Balaban J connectivity index is 2.03. The van der Waals surface area contributed by atoms with Gasteiger partial charge in [0, 0.05) is 23.0 Å². The molecule has 6 nitrogen and oxygen atoms in total. The molecule has 25 heavy (non-hydrogen) atoms. The monoisotopic (exact) mass is 401 g/mol. The highest BCUT2D eigenvalue weighted by molar-refractivity contribution is 9.10. The molecule has 0 bridgehead atoms. The minimum absolute atomic E-state index is 0.0229. The zero-order valence-electron chi connectivity index (χ0n) is 13.3. The molecule has 2 heterocycles. The van der Waals surface area contributed by atoms with Gasteiger partial charge in [-0.3, -0.25) is 4.79 Å². The van der Waals surface area contributed by atoms with Crippen molar-refractivity contribution < 1.29 is 10.2 Å². The average molecular weight is 402 g/mol. The average Bonchev–Trinajstić information content (AvgIpc) is 2.96. The van der Waals surface area contributed by atoms with Crippen LogP contribution in [0.3, 0.4) is 0 Å². The first-order chi connectivity index (χ1) is 12.1. The number of benzene rings is 2. The lowest BCUT2D eigenvalue weighted by Gasteiger charge is -2.09. The highest BCUT2D eigenvalue weighted by Crippen LogP contribution is 2.39. The first kappa shape index (κ1) is 16.3. The number of hydrogen-bond acceptors (Lipinski definition) is 5. The molecule has 0 saturated carbocycles. The third-order valence-corrected chi connectivity index (χ3v) is 5.04. The molecule has 0 aliphatic rings. The highest BCUT2D eigenvalue weighted by atomic mass is 79.9. The van der Waals surface area contributed by atoms with E-state index in [1.165, 1.54) is 6.07 Å². The molecule has 128 valence electrons. The Morgan fingerprint density at radius 3 is 2.84 bits per heavy atom. The lowest BCUT2D eigenvalue weighted by atomic mass is 10.1. The molecule has 0 unspecified atom stereocenters. The molecule has 0 spiro atoms. The lowest BCUT2D eigenvalue weighted by molar-refractivity contribution is 0.286. The predicted octanol–water partition coefficient (Wildman–Crippen LogP) is 2.38. The summed E-state index contributed by atoms with van der Waals surface area (Å²) in [6.07, 6.45) is 0.673. The van der Waals surface area contributed by atoms with E-state index < -0.39 is 0 Å². The summed E-state index contributed by atoms with van der Waals surface area (Å²) in [4.78, 5) is 12.3. The van der Waals surface area contributed by atoms with Crippen LogP contribution < -0.4 is 10.7 Å². The van der Waals surface area contributed by atoms with Crippen molar-refractivity contribution in [3.63, 3.8) is 0 Å². The summed E-state index contributed by atoms with van der Waals surface area (Å²) >= 11 is 3.48. The van der Waals surface area contributed by atoms with Gasteiger partial charge in [-0.25, -0.2) is 4.52 Å². The summed E-state index contributed by atoms with van der Waals surface area (Å²) in [5.74, 6) is -0.0229. The van der Waals surface area contributed by atoms with E-state index >= 15 is 0 Å². The maximum atomic E-state index is 12.3. The maximum Gasteiger partial charge on any atom is 0.191 e. The second-order valence-electron chi connectivity index (χ2n) is 5.93. The molecule has 0 atom stereocenters.